The first kappa shape index (κ1) is 16.3. The van der Waals surface area contributed by atoms with Gasteiger partial charge in [-0.25, -0.2) is 0 Å². The lowest BCUT2D eigenvalue weighted by Crippen LogP contribution is -2.25. The molecule has 21 heavy (non-hydrogen) atoms. The Bertz CT molecular complexity index is 593. The normalized spacial score (nSPS) is 12.4. The lowest BCUT2D eigenvalue weighted by atomic mass is 10.0. The van der Waals surface area contributed by atoms with Crippen LogP contribution < -0.4 is 10.1 Å². The average Bonchev–Trinajstić information content (AvgIpc) is 2.88. The molecule has 2 aromatic rings. The number of halogens is 2. The largest absolute Gasteiger partial charge is 0.493 e. The first-order valence-corrected chi connectivity index (χ1v) is 8.07. The van der Waals surface area contributed by atoms with Crippen LogP contribution in [0.3, 0.4) is 0 Å². The van der Waals surface area contributed by atoms with Crippen molar-refractivity contribution in [2.24, 2.45) is 0 Å². The van der Waals surface area contributed by atoms with Crippen LogP contribution in [-0.4, -0.2) is 23.4 Å². The second-order valence-corrected chi connectivity index (χ2v) is 5.86. The topological polar surface area (TPSA) is 39.1 Å². The highest BCUT2D eigenvalue weighted by Crippen LogP contribution is 2.34. The summed E-state index contributed by atoms with van der Waals surface area (Å²) in [7, 11) is 1.67. The van der Waals surface area contributed by atoms with E-state index in [1.54, 1.807) is 13.3 Å². The van der Waals surface area contributed by atoms with E-state index in [0.29, 0.717) is 5.02 Å². The van der Waals surface area contributed by atoms with E-state index < -0.39 is 0 Å². The standard InChI is InChI=1S/C15H19BrClN3O/c1-4-18-14(11-7-6-10(17)8-12(11)16)15-13(21-3)9-19-20(15)5-2/h6-9,14,18H,4-5H2,1-3H3. The van der Waals surface area contributed by atoms with Crippen LogP contribution in [0.1, 0.15) is 31.1 Å². The molecule has 0 spiro atoms. The van der Waals surface area contributed by atoms with Gasteiger partial charge in [0.2, 0.25) is 0 Å². The lowest BCUT2D eigenvalue weighted by Gasteiger charge is -2.22. The Kier molecular flexibility index (Phi) is 5.67. The van der Waals surface area contributed by atoms with Crippen LogP contribution in [0.5, 0.6) is 5.75 Å². The first-order chi connectivity index (χ1) is 10.1. The zero-order chi connectivity index (χ0) is 15.4. The van der Waals surface area contributed by atoms with Gasteiger partial charge in [0, 0.05) is 16.0 Å². The third-order valence-electron chi connectivity index (χ3n) is 3.32. The Hall–Kier alpha value is -1.04. The molecular formula is C15H19BrClN3O. The van der Waals surface area contributed by atoms with Crippen molar-refractivity contribution >= 4 is 27.5 Å². The van der Waals surface area contributed by atoms with E-state index in [-0.39, 0.29) is 6.04 Å². The second-order valence-electron chi connectivity index (χ2n) is 4.57. The summed E-state index contributed by atoms with van der Waals surface area (Å²) < 4.78 is 8.39. The molecule has 0 fully saturated rings. The number of nitrogens with zero attached hydrogens (tertiary/aromatic N) is 2. The van der Waals surface area contributed by atoms with E-state index in [1.807, 2.05) is 22.9 Å². The molecule has 1 aromatic heterocycles. The van der Waals surface area contributed by atoms with Crippen LogP contribution in [-0.2, 0) is 6.54 Å². The summed E-state index contributed by atoms with van der Waals surface area (Å²) in [5.74, 6) is 0.782. The smallest absolute Gasteiger partial charge is 0.161 e. The van der Waals surface area contributed by atoms with Gasteiger partial charge in [-0.2, -0.15) is 5.10 Å². The quantitative estimate of drug-likeness (QED) is 0.832. The Morgan fingerprint density at radius 3 is 2.76 bits per heavy atom. The number of ether oxygens (including phenoxy) is 1. The van der Waals surface area contributed by atoms with Gasteiger partial charge in [0.25, 0.3) is 0 Å². The van der Waals surface area contributed by atoms with Gasteiger partial charge in [0.15, 0.2) is 5.75 Å². The SMILES string of the molecule is CCNC(c1ccc(Cl)cc1Br)c1c(OC)cnn1CC. The van der Waals surface area contributed by atoms with Crippen LogP contribution >= 0.6 is 27.5 Å². The van der Waals surface area contributed by atoms with Gasteiger partial charge < -0.3 is 10.1 Å². The highest BCUT2D eigenvalue weighted by Gasteiger charge is 2.24. The van der Waals surface area contributed by atoms with E-state index in [0.717, 1.165) is 34.6 Å². The molecule has 6 heteroatoms. The molecule has 0 aliphatic heterocycles. The van der Waals surface area contributed by atoms with Gasteiger partial charge >= 0.3 is 0 Å². The maximum atomic E-state index is 6.05. The number of methoxy groups -OCH3 is 1. The molecule has 0 saturated heterocycles. The minimum atomic E-state index is -0.0148. The van der Waals surface area contributed by atoms with Crippen molar-refractivity contribution in [1.82, 2.24) is 15.1 Å². The molecular weight excluding hydrogens is 354 g/mol. The molecule has 0 amide bonds. The Morgan fingerprint density at radius 2 is 2.19 bits per heavy atom. The molecule has 1 N–H and O–H groups in total. The molecule has 1 aromatic carbocycles. The summed E-state index contributed by atoms with van der Waals surface area (Å²) >= 11 is 9.65. The van der Waals surface area contributed by atoms with E-state index >= 15 is 0 Å². The van der Waals surface area contributed by atoms with Crippen LogP contribution in [0.15, 0.2) is 28.9 Å². The Labute approximate surface area is 138 Å². The lowest BCUT2D eigenvalue weighted by molar-refractivity contribution is 0.399. The first-order valence-electron chi connectivity index (χ1n) is 6.90. The molecule has 0 radical (unpaired) electrons. The van der Waals surface area contributed by atoms with E-state index in [9.17, 15) is 0 Å². The van der Waals surface area contributed by atoms with Crippen LogP contribution in [0, 0.1) is 0 Å². The number of aryl methyl sites for hydroxylation is 1. The van der Waals surface area contributed by atoms with Gasteiger partial charge in [-0.3, -0.25) is 4.68 Å². The van der Waals surface area contributed by atoms with Crippen molar-refractivity contribution in [2.45, 2.75) is 26.4 Å². The number of hydrogen-bond acceptors (Lipinski definition) is 3. The van der Waals surface area contributed by atoms with E-state index in [4.69, 9.17) is 16.3 Å². The van der Waals surface area contributed by atoms with Crippen molar-refractivity contribution < 1.29 is 4.74 Å². The Morgan fingerprint density at radius 1 is 1.43 bits per heavy atom. The average molecular weight is 373 g/mol. The van der Waals surface area contributed by atoms with Crippen molar-refractivity contribution in [3.63, 3.8) is 0 Å². The summed E-state index contributed by atoms with van der Waals surface area (Å²) in [4.78, 5) is 0. The monoisotopic (exact) mass is 371 g/mol. The van der Waals surface area contributed by atoms with Crippen LogP contribution in [0.25, 0.3) is 0 Å². The minimum absolute atomic E-state index is 0.0148. The van der Waals surface area contributed by atoms with Gasteiger partial charge in [-0.05, 0) is 31.2 Å². The predicted octanol–water partition coefficient (Wildman–Crippen LogP) is 4.03. The van der Waals surface area contributed by atoms with Gasteiger partial charge in [-0.15, -0.1) is 0 Å². The van der Waals surface area contributed by atoms with E-state index in [1.165, 1.54) is 0 Å². The fraction of sp³-hybridized carbons (Fsp3) is 0.400. The van der Waals surface area contributed by atoms with Crippen LogP contribution in [0.2, 0.25) is 5.02 Å². The van der Waals surface area contributed by atoms with Gasteiger partial charge in [0.05, 0.1) is 19.3 Å². The summed E-state index contributed by atoms with van der Waals surface area (Å²) in [5, 5.41) is 8.59. The number of nitrogens with one attached hydrogen (secondary N) is 1. The molecule has 4 nitrogen and oxygen atoms in total. The summed E-state index contributed by atoms with van der Waals surface area (Å²) in [6, 6.07) is 5.80. The number of rotatable bonds is 6. The molecule has 114 valence electrons. The minimum Gasteiger partial charge on any atom is -0.493 e. The number of hydrogen-bond donors (Lipinski definition) is 1. The summed E-state index contributed by atoms with van der Waals surface area (Å²) in [6.07, 6.45) is 1.76. The molecule has 2 rings (SSSR count). The molecule has 0 saturated carbocycles. The molecule has 0 aliphatic rings. The second kappa shape index (κ2) is 7.29. The highest BCUT2D eigenvalue weighted by atomic mass is 79.9. The molecule has 0 bridgehead atoms. The van der Waals surface area contributed by atoms with Gasteiger partial charge in [-0.1, -0.05) is 40.5 Å². The number of benzene rings is 1. The summed E-state index contributed by atoms with van der Waals surface area (Å²) in [5.41, 5.74) is 2.12. The molecule has 0 aliphatic carbocycles. The molecule has 1 unspecified atom stereocenters. The maximum absolute atomic E-state index is 6.05. The zero-order valence-electron chi connectivity index (χ0n) is 12.4. The zero-order valence-corrected chi connectivity index (χ0v) is 14.7. The summed E-state index contributed by atoms with van der Waals surface area (Å²) in [6.45, 7) is 5.76. The Balaban J connectivity index is 2.55. The van der Waals surface area contributed by atoms with Crippen molar-refractivity contribution in [3.05, 3.63) is 45.1 Å². The van der Waals surface area contributed by atoms with Gasteiger partial charge in [0.1, 0.15) is 5.69 Å². The highest BCUT2D eigenvalue weighted by molar-refractivity contribution is 9.10. The van der Waals surface area contributed by atoms with Crippen LogP contribution in [0.4, 0.5) is 0 Å². The fourth-order valence-corrected chi connectivity index (χ4v) is 3.28. The third-order valence-corrected chi connectivity index (χ3v) is 4.24. The molecule has 1 atom stereocenters. The predicted molar refractivity (Wildman–Crippen MR) is 89.1 cm³/mol. The van der Waals surface area contributed by atoms with Crippen molar-refractivity contribution in [2.75, 3.05) is 13.7 Å². The van der Waals surface area contributed by atoms with Crippen molar-refractivity contribution in [1.29, 1.82) is 0 Å². The van der Waals surface area contributed by atoms with Crippen molar-refractivity contribution in [3.8, 4) is 5.75 Å². The van der Waals surface area contributed by atoms with E-state index in [2.05, 4.69) is 40.2 Å². The third kappa shape index (κ3) is 3.42. The molecule has 1 heterocycles. The fourth-order valence-electron chi connectivity index (χ4n) is 2.37. The number of aromatic nitrogens is 2. The maximum Gasteiger partial charge on any atom is 0.161 e.